The zero-order chi connectivity index (χ0) is 13.4. The molecule has 0 saturated heterocycles. The first-order valence-electron chi connectivity index (χ1n) is 6.67. The number of para-hydroxylation sites is 1. The van der Waals surface area contributed by atoms with Gasteiger partial charge >= 0.3 is 0 Å². The minimum Gasteiger partial charge on any atom is -0.351 e. The van der Waals surface area contributed by atoms with Crippen LogP contribution in [0.3, 0.4) is 0 Å². The molecule has 98 valence electrons. The molecule has 3 nitrogen and oxygen atoms in total. The summed E-state index contributed by atoms with van der Waals surface area (Å²) < 4.78 is 0. The summed E-state index contributed by atoms with van der Waals surface area (Å²) in [4.78, 5) is 17.6. The number of aromatic nitrogens is 1. The van der Waals surface area contributed by atoms with Crippen LogP contribution in [0.25, 0.3) is 10.9 Å². The van der Waals surface area contributed by atoms with Crippen LogP contribution in [0.1, 0.15) is 30.8 Å². The Morgan fingerprint density at radius 2 is 2.00 bits per heavy atom. The number of aromatic amines is 1. The second-order valence-corrected chi connectivity index (χ2v) is 5.31. The molecule has 1 aliphatic heterocycles. The van der Waals surface area contributed by atoms with Crippen molar-refractivity contribution in [2.75, 3.05) is 13.1 Å². The first-order chi connectivity index (χ1) is 9.15. The van der Waals surface area contributed by atoms with Crippen molar-refractivity contribution in [1.29, 1.82) is 0 Å². The maximum atomic E-state index is 12.5. The number of hydrogen-bond acceptors (Lipinski definition) is 1. The molecular formula is C16H18N2O. The van der Waals surface area contributed by atoms with Crippen molar-refractivity contribution in [2.24, 2.45) is 0 Å². The molecule has 1 aromatic carbocycles. The van der Waals surface area contributed by atoms with Crippen LogP contribution in [-0.4, -0.2) is 28.9 Å². The Kier molecular flexibility index (Phi) is 2.90. The Hall–Kier alpha value is -2.03. The molecule has 2 aromatic rings. The number of carbonyl (C=O) groups is 1. The number of fused-ring (bicyclic) bond motifs is 1. The van der Waals surface area contributed by atoms with Gasteiger partial charge in [-0.1, -0.05) is 29.3 Å². The van der Waals surface area contributed by atoms with Gasteiger partial charge in [0.25, 0.3) is 5.91 Å². The number of carbonyl (C=O) groups excluding carboxylic acids is 1. The third-order valence-corrected chi connectivity index (χ3v) is 3.96. The highest BCUT2D eigenvalue weighted by Gasteiger charge is 2.21. The van der Waals surface area contributed by atoms with Crippen LogP contribution in [0.4, 0.5) is 0 Å². The van der Waals surface area contributed by atoms with E-state index in [-0.39, 0.29) is 5.91 Å². The fourth-order valence-electron chi connectivity index (χ4n) is 2.55. The maximum absolute atomic E-state index is 12.5. The topological polar surface area (TPSA) is 36.1 Å². The summed E-state index contributed by atoms with van der Waals surface area (Å²) in [6.45, 7) is 5.83. The number of nitrogens with zero attached hydrogens (tertiary/aromatic N) is 1. The lowest BCUT2D eigenvalue weighted by Gasteiger charge is -2.28. The number of amides is 1. The average Bonchev–Trinajstić information content (AvgIpc) is 2.85. The molecule has 1 amide bonds. The molecule has 0 atom stereocenters. The summed E-state index contributed by atoms with van der Waals surface area (Å²) in [7, 11) is 0. The van der Waals surface area contributed by atoms with Crippen molar-refractivity contribution < 1.29 is 4.79 Å². The molecule has 0 radical (unpaired) electrons. The number of hydrogen-bond donors (Lipinski definition) is 1. The lowest BCUT2D eigenvalue weighted by atomic mass is 10.0. The largest absolute Gasteiger partial charge is 0.351 e. The van der Waals surface area contributed by atoms with E-state index >= 15 is 0 Å². The van der Waals surface area contributed by atoms with Gasteiger partial charge in [-0.3, -0.25) is 4.79 Å². The quantitative estimate of drug-likeness (QED) is 0.778. The molecule has 3 rings (SSSR count). The standard InChI is InChI=1S/C16H18N2O/c1-11-7-8-18(10-12(11)2)16(19)15-9-13-5-3-4-6-14(13)17-15/h3-6,9,17H,7-8,10H2,1-2H3. The van der Waals surface area contributed by atoms with E-state index in [4.69, 9.17) is 0 Å². The second-order valence-electron chi connectivity index (χ2n) is 5.31. The first-order valence-corrected chi connectivity index (χ1v) is 6.67. The van der Waals surface area contributed by atoms with E-state index in [1.54, 1.807) is 0 Å². The zero-order valence-electron chi connectivity index (χ0n) is 11.4. The first kappa shape index (κ1) is 12.0. The number of benzene rings is 1. The maximum Gasteiger partial charge on any atom is 0.270 e. The molecule has 2 heterocycles. The summed E-state index contributed by atoms with van der Waals surface area (Å²) in [5, 5.41) is 1.09. The minimum absolute atomic E-state index is 0.100. The lowest BCUT2D eigenvalue weighted by molar-refractivity contribution is 0.0759. The van der Waals surface area contributed by atoms with Gasteiger partial charge < -0.3 is 9.88 Å². The Morgan fingerprint density at radius 3 is 2.74 bits per heavy atom. The number of H-pyrrole nitrogens is 1. The van der Waals surface area contributed by atoms with Crippen LogP contribution >= 0.6 is 0 Å². The van der Waals surface area contributed by atoms with E-state index in [0.29, 0.717) is 5.69 Å². The molecule has 0 aliphatic carbocycles. The van der Waals surface area contributed by atoms with Crippen molar-refractivity contribution in [2.45, 2.75) is 20.3 Å². The smallest absolute Gasteiger partial charge is 0.270 e. The third kappa shape index (κ3) is 2.16. The van der Waals surface area contributed by atoms with Gasteiger partial charge in [0.05, 0.1) is 0 Å². The molecule has 0 unspecified atom stereocenters. The predicted octanol–water partition coefficient (Wildman–Crippen LogP) is 3.35. The molecule has 19 heavy (non-hydrogen) atoms. The van der Waals surface area contributed by atoms with Crippen molar-refractivity contribution in [3.05, 3.63) is 47.2 Å². The SMILES string of the molecule is CC1=C(C)CN(C(=O)c2cc3ccccc3[nH]2)CC1. The highest BCUT2D eigenvalue weighted by molar-refractivity contribution is 5.98. The summed E-state index contributed by atoms with van der Waals surface area (Å²) in [6.07, 6.45) is 0.984. The highest BCUT2D eigenvalue weighted by atomic mass is 16.2. The van der Waals surface area contributed by atoms with Crippen molar-refractivity contribution in [1.82, 2.24) is 9.88 Å². The average molecular weight is 254 g/mol. The monoisotopic (exact) mass is 254 g/mol. The van der Waals surface area contributed by atoms with Crippen LogP contribution in [-0.2, 0) is 0 Å². The van der Waals surface area contributed by atoms with E-state index in [9.17, 15) is 4.79 Å². The summed E-state index contributed by atoms with van der Waals surface area (Å²) in [5.41, 5.74) is 4.44. The minimum atomic E-state index is 0.100. The van der Waals surface area contributed by atoms with Gasteiger partial charge in [0.15, 0.2) is 0 Å². The van der Waals surface area contributed by atoms with E-state index in [1.165, 1.54) is 11.1 Å². The van der Waals surface area contributed by atoms with Crippen molar-refractivity contribution in [3.63, 3.8) is 0 Å². The van der Waals surface area contributed by atoms with E-state index in [2.05, 4.69) is 18.8 Å². The molecule has 0 saturated carbocycles. The van der Waals surface area contributed by atoms with E-state index in [1.807, 2.05) is 35.2 Å². The zero-order valence-corrected chi connectivity index (χ0v) is 11.4. The normalized spacial score (nSPS) is 16.2. The molecule has 0 bridgehead atoms. The van der Waals surface area contributed by atoms with Gasteiger partial charge in [-0.2, -0.15) is 0 Å². The van der Waals surface area contributed by atoms with E-state index < -0.39 is 0 Å². The van der Waals surface area contributed by atoms with Gasteiger partial charge in [-0.15, -0.1) is 0 Å². The lowest BCUT2D eigenvalue weighted by Crippen LogP contribution is -2.36. The second kappa shape index (κ2) is 4.57. The Balaban J connectivity index is 1.88. The van der Waals surface area contributed by atoms with Crippen molar-refractivity contribution >= 4 is 16.8 Å². The van der Waals surface area contributed by atoms with Crippen molar-refractivity contribution in [3.8, 4) is 0 Å². The molecule has 1 aliphatic rings. The van der Waals surface area contributed by atoms with Gasteiger partial charge in [-0.05, 0) is 32.4 Å². The Morgan fingerprint density at radius 1 is 1.21 bits per heavy atom. The van der Waals surface area contributed by atoms with Crippen LogP contribution < -0.4 is 0 Å². The molecule has 1 aromatic heterocycles. The number of nitrogens with one attached hydrogen (secondary N) is 1. The molecule has 0 spiro atoms. The van der Waals surface area contributed by atoms with Gasteiger partial charge in [0.1, 0.15) is 5.69 Å². The highest BCUT2D eigenvalue weighted by Crippen LogP contribution is 2.20. The Bertz CT molecular complexity index is 633. The number of rotatable bonds is 1. The molecule has 3 heteroatoms. The summed E-state index contributed by atoms with van der Waals surface area (Å²) in [6, 6.07) is 9.93. The fourth-order valence-corrected chi connectivity index (χ4v) is 2.55. The van der Waals surface area contributed by atoms with Crippen LogP contribution in [0.5, 0.6) is 0 Å². The van der Waals surface area contributed by atoms with E-state index in [0.717, 1.165) is 30.4 Å². The summed E-state index contributed by atoms with van der Waals surface area (Å²) in [5.74, 6) is 0.100. The Labute approximate surface area is 112 Å². The van der Waals surface area contributed by atoms with Gasteiger partial charge in [-0.25, -0.2) is 0 Å². The van der Waals surface area contributed by atoms with Gasteiger partial charge in [0.2, 0.25) is 0 Å². The van der Waals surface area contributed by atoms with Crippen LogP contribution in [0, 0.1) is 0 Å². The van der Waals surface area contributed by atoms with Crippen LogP contribution in [0.2, 0.25) is 0 Å². The van der Waals surface area contributed by atoms with Crippen LogP contribution in [0.15, 0.2) is 41.5 Å². The predicted molar refractivity (Wildman–Crippen MR) is 77.2 cm³/mol. The molecule has 0 fully saturated rings. The third-order valence-electron chi connectivity index (χ3n) is 3.96. The van der Waals surface area contributed by atoms with Gasteiger partial charge in [0, 0.05) is 24.0 Å². The molecular weight excluding hydrogens is 236 g/mol. The summed E-state index contributed by atoms with van der Waals surface area (Å²) >= 11 is 0. The fraction of sp³-hybridized carbons (Fsp3) is 0.312. The molecule has 1 N–H and O–H groups in total.